The minimum atomic E-state index is -4.67. The van der Waals surface area contributed by atoms with Crippen LogP contribution in [0.15, 0.2) is 48.8 Å². The molecule has 0 bridgehead atoms. The number of hydrogen-bond acceptors (Lipinski definition) is 5. The van der Waals surface area contributed by atoms with Crippen molar-refractivity contribution in [2.24, 2.45) is 0 Å². The van der Waals surface area contributed by atoms with Gasteiger partial charge in [-0.2, -0.15) is 13.2 Å². The number of aromatic nitrogens is 2. The van der Waals surface area contributed by atoms with Gasteiger partial charge in [-0.25, -0.2) is 14.4 Å². The lowest BCUT2D eigenvalue weighted by molar-refractivity contribution is -0.137. The molecule has 0 radical (unpaired) electrons. The minimum absolute atomic E-state index is 0.0346. The Hall–Kier alpha value is -4.02. The van der Waals surface area contributed by atoms with E-state index >= 15 is 0 Å². The highest BCUT2D eigenvalue weighted by molar-refractivity contribution is 6.08. The zero-order valence-corrected chi connectivity index (χ0v) is 17.0. The highest BCUT2D eigenvalue weighted by Crippen LogP contribution is 2.37. The Morgan fingerprint density at radius 1 is 1.06 bits per heavy atom. The molecule has 33 heavy (non-hydrogen) atoms. The summed E-state index contributed by atoms with van der Waals surface area (Å²) in [5.41, 5.74) is 4.77. The molecule has 2 heterocycles. The molecule has 3 N–H and O–H groups in total. The Kier molecular flexibility index (Phi) is 5.71. The second-order valence-corrected chi connectivity index (χ2v) is 7.36. The van der Waals surface area contributed by atoms with Crippen molar-refractivity contribution in [1.82, 2.24) is 9.97 Å². The second-order valence-electron chi connectivity index (χ2n) is 7.36. The summed E-state index contributed by atoms with van der Waals surface area (Å²) in [5.74, 6) is -2.09. The molecule has 2 amide bonds. The molecule has 11 heteroatoms. The Morgan fingerprint density at radius 3 is 2.42 bits per heavy atom. The van der Waals surface area contributed by atoms with Crippen LogP contribution in [-0.2, 0) is 11.0 Å². The summed E-state index contributed by atoms with van der Waals surface area (Å²) < 4.78 is 54.3. The van der Waals surface area contributed by atoms with Crippen molar-refractivity contribution >= 4 is 29.1 Å². The molecule has 2 aromatic carbocycles. The number of anilines is 3. The molecule has 0 spiro atoms. The maximum absolute atomic E-state index is 14.5. The number of hydrogen-bond donors (Lipinski definition) is 2. The number of alkyl halides is 3. The van der Waals surface area contributed by atoms with Gasteiger partial charge in [0, 0.05) is 30.9 Å². The number of nitrogen functional groups attached to an aromatic ring is 1. The summed E-state index contributed by atoms with van der Waals surface area (Å²) in [7, 11) is 0. The molecule has 1 aliphatic heterocycles. The predicted molar refractivity (Wildman–Crippen MR) is 113 cm³/mol. The van der Waals surface area contributed by atoms with E-state index in [0.29, 0.717) is 24.1 Å². The van der Waals surface area contributed by atoms with Gasteiger partial charge in [0.1, 0.15) is 5.82 Å². The van der Waals surface area contributed by atoms with Gasteiger partial charge in [-0.15, -0.1) is 0 Å². The van der Waals surface area contributed by atoms with Crippen LogP contribution in [0.2, 0.25) is 0 Å². The predicted octanol–water partition coefficient (Wildman–Crippen LogP) is 4.26. The lowest BCUT2D eigenvalue weighted by Gasteiger charge is -2.21. The first-order chi connectivity index (χ1) is 15.6. The van der Waals surface area contributed by atoms with Crippen LogP contribution in [0.5, 0.6) is 0 Å². The van der Waals surface area contributed by atoms with Crippen LogP contribution in [0.1, 0.15) is 28.8 Å². The molecule has 3 aromatic rings. The fraction of sp³-hybridized carbons (Fsp3) is 0.182. The largest absolute Gasteiger partial charge is 0.416 e. The van der Waals surface area contributed by atoms with Crippen LogP contribution in [0, 0.1) is 5.82 Å². The van der Waals surface area contributed by atoms with Crippen molar-refractivity contribution in [2.45, 2.75) is 19.0 Å². The second kappa shape index (κ2) is 8.49. The zero-order valence-electron chi connectivity index (χ0n) is 17.0. The molecular weight excluding hydrogens is 442 g/mol. The summed E-state index contributed by atoms with van der Waals surface area (Å²) >= 11 is 0. The monoisotopic (exact) mass is 459 g/mol. The maximum atomic E-state index is 14.5. The van der Waals surface area contributed by atoms with Gasteiger partial charge in [0.05, 0.1) is 22.5 Å². The van der Waals surface area contributed by atoms with E-state index in [-0.39, 0.29) is 29.7 Å². The summed E-state index contributed by atoms with van der Waals surface area (Å²) in [5, 5.41) is 2.34. The third-order valence-corrected chi connectivity index (χ3v) is 5.15. The summed E-state index contributed by atoms with van der Waals surface area (Å²) in [6, 6.07) is 6.37. The number of nitrogens with zero attached hydrogens (tertiary/aromatic N) is 3. The van der Waals surface area contributed by atoms with Gasteiger partial charge in [-0.3, -0.25) is 9.59 Å². The van der Waals surface area contributed by atoms with Crippen molar-refractivity contribution in [3.63, 3.8) is 0 Å². The normalized spacial score (nSPS) is 13.9. The van der Waals surface area contributed by atoms with Gasteiger partial charge in [-0.1, -0.05) is 6.07 Å². The SMILES string of the molecule is Nc1ncc(-c2ccc(F)c(C(=O)Nc3cc(C(F)(F)F)ccc3N3CCCC3=O)c2)cn1. The van der Waals surface area contributed by atoms with E-state index in [1.807, 2.05) is 0 Å². The smallest absolute Gasteiger partial charge is 0.368 e. The van der Waals surface area contributed by atoms with Crippen LogP contribution in [-0.4, -0.2) is 28.3 Å². The number of benzene rings is 2. The van der Waals surface area contributed by atoms with E-state index in [9.17, 15) is 27.2 Å². The van der Waals surface area contributed by atoms with Crippen molar-refractivity contribution in [3.05, 3.63) is 65.7 Å². The molecule has 1 fully saturated rings. The van der Waals surface area contributed by atoms with E-state index in [1.54, 1.807) is 0 Å². The van der Waals surface area contributed by atoms with Gasteiger partial charge in [0.2, 0.25) is 11.9 Å². The Labute approximate surface area is 185 Å². The van der Waals surface area contributed by atoms with E-state index in [0.717, 1.165) is 24.3 Å². The van der Waals surface area contributed by atoms with Crippen LogP contribution < -0.4 is 16.0 Å². The Balaban J connectivity index is 1.71. The molecule has 1 aromatic heterocycles. The van der Waals surface area contributed by atoms with E-state index < -0.39 is 29.0 Å². The van der Waals surface area contributed by atoms with Crippen LogP contribution >= 0.6 is 0 Å². The fourth-order valence-corrected chi connectivity index (χ4v) is 3.51. The number of halogens is 4. The number of carbonyl (C=O) groups is 2. The molecule has 1 saturated heterocycles. The fourth-order valence-electron chi connectivity index (χ4n) is 3.51. The molecule has 7 nitrogen and oxygen atoms in total. The van der Waals surface area contributed by atoms with E-state index in [2.05, 4.69) is 15.3 Å². The molecule has 0 aliphatic carbocycles. The van der Waals surface area contributed by atoms with E-state index in [4.69, 9.17) is 5.73 Å². The third kappa shape index (κ3) is 4.61. The average molecular weight is 459 g/mol. The minimum Gasteiger partial charge on any atom is -0.368 e. The molecule has 0 unspecified atom stereocenters. The molecule has 1 aliphatic rings. The van der Waals surface area contributed by atoms with Crippen LogP contribution in [0.25, 0.3) is 11.1 Å². The lowest BCUT2D eigenvalue weighted by Crippen LogP contribution is -2.26. The van der Waals surface area contributed by atoms with E-state index in [1.165, 1.54) is 29.4 Å². The number of rotatable bonds is 4. The van der Waals surface area contributed by atoms with Gasteiger partial charge in [-0.05, 0) is 42.3 Å². The van der Waals surface area contributed by atoms with Gasteiger partial charge in [0.25, 0.3) is 5.91 Å². The molecule has 0 atom stereocenters. The highest BCUT2D eigenvalue weighted by atomic mass is 19.4. The number of nitrogens with one attached hydrogen (secondary N) is 1. The summed E-state index contributed by atoms with van der Waals surface area (Å²) in [6.45, 7) is 0.300. The zero-order chi connectivity index (χ0) is 23.8. The highest BCUT2D eigenvalue weighted by Gasteiger charge is 2.33. The lowest BCUT2D eigenvalue weighted by atomic mass is 10.0. The van der Waals surface area contributed by atoms with Gasteiger partial charge < -0.3 is 16.0 Å². The Bertz CT molecular complexity index is 1230. The third-order valence-electron chi connectivity index (χ3n) is 5.15. The van der Waals surface area contributed by atoms with Crippen LogP contribution in [0.3, 0.4) is 0 Å². The molecule has 170 valence electrons. The molecular formula is C22H17F4N5O2. The quantitative estimate of drug-likeness (QED) is 0.568. The first-order valence-corrected chi connectivity index (χ1v) is 9.84. The Morgan fingerprint density at radius 2 is 1.79 bits per heavy atom. The standard InChI is InChI=1S/C22H17F4N5O2/c23-16-5-3-12(13-10-28-21(27)29-11-13)8-15(16)20(33)30-17-9-14(22(24,25)26)4-6-18(17)31-7-1-2-19(31)32/h3-6,8-11H,1-2,7H2,(H,30,33)(H2,27,28,29). The van der Waals surface area contributed by atoms with Gasteiger partial charge >= 0.3 is 6.18 Å². The maximum Gasteiger partial charge on any atom is 0.416 e. The first kappa shape index (κ1) is 22.2. The summed E-state index contributed by atoms with van der Waals surface area (Å²) in [6.07, 6.45) is -1.11. The molecule has 4 rings (SSSR count). The van der Waals surface area contributed by atoms with Crippen molar-refractivity contribution in [1.29, 1.82) is 0 Å². The summed E-state index contributed by atoms with van der Waals surface area (Å²) in [4.78, 5) is 34.0. The van der Waals surface area contributed by atoms with Crippen molar-refractivity contribution in [2.75, 3.05) is 22.5 Å². The number of carbonyl (C=O) groups excluding carboxylic acids is 2. The molecule has 0 saturated carbocycles. The van der Waals surface area contributed by atoms with Crippen LogP contribution in [0.4, 0.5) is 34.9 Å². The first-order valence-electron chi connectivity index (χ1n) is 9.84. The van der Waals surface area contributed by atoms with Gasteiger partial charge in [0.15, 0.2) is 0 Å². The van der Waals surface area contributed by atoms with Crippen molar-refractivity contribution in [3.8, 4) is 11.1 Å². The average Bonchev–Trinajstić information content (AvgIpc) is 3.19. The number of nitrogens with two attached hydrogens (primary N) is 1. The number of amides is 2. The van der Waals surface area contributed by atoms with Crippen molar-refractivity contribution < 1.29 is 27.2 Å². The topological polar surface area (TPSA) is 101 Å².